The summed E-state index contributed by atoms with van der Waals surface area (Å²) in [6, 6.07) is 8.51. The smallest absolute Gasteiger partial charge is 0.179 e. The lowest BCUT2D eigenvalue weighted by Crippen LogP contribution is -2.05. The van der Waals surface area contributed by atoms with E-state index in [-0.39, 0.29) is 5.75 Å². The van der Waals surface area contributed by atoms with Crippen molar-refractivity contribution in [3.63, 3.8) is 0 Å². The van der Waals surface area contributed by atoms with Gasteiger partial charge in [-0.1, -0.05) is 25.1 Å². The van der Waals surface area contributed by atoms with Crippen LogP contribution in [0.5, 0.6) is 0 Å². The van der Waals surface area contributed by atoms with Gasteiger partial charge in [-0.05, 0) is 18.6 Å². The maximum atomic E-state index is 11.8. The number of sulfone groups is 1. The predicted molar refractivity (Wildman–Crippen MR) is 65.8 cm³/mol. The van der Waals surface area contributed by atoms with Gasteiger partial charge >= 0.3 is 0 Å². The fourth-order valence-corrected chi connectivity index (χ4v) is 2.41. The van der Waals surface area contributed by atoms with Crippen LogP contribution in [0.4, 0.5) is 0 Å². The molecule has 0 bridgehead atoms. The maximum Gasteiger partial charge on any atom is 0.179 e. The normalized spacial score (nSPS) is 10.6. The molecule has 0 radical (unpaired) electrons. The van der Waals surface area contributed by atoms with Gasteiger partial charge in [0.1, 0.15) is 0 Å². The van der Waals surface area contributed by atoms with Crippen LogP contribution in [-0.4, -0.2) is 14.2 Å². The number of rotatable bonds is 4. The van der Waals surface area contributed by atoms with E-state index in [1.165, 1.54) is 0 Å². The average Bonchev–Trinajstić information content (AvgIpc) is 2.30. The molecule has 0 N–H and O–H groups in total. The summed E-state index contributed by atoms with van der Waals surface area (Å²) in [7, 11) is -3.15. The van der Waals surface area contributed by atoms with Gasteiger partial charge in [0.05, 0.1) is 10.6 Å². The molecule has 16 heavy (non-hydrogen) atoms. The van der Waals surface area contributed by atoms with Gasteiger partial charge in [0.25, 0.3) is 0 Å². The Kier molecular flexibility index (Phi) is 5.07. The highest BCUT2D eigenvalue weighted by atomic mass is 32.2. The summed E-state index contributed by atoms with van der Waals surface area (Å²) in [5.74, 6) is 5.93. The molecule has 1 aromatic rings. The molecule has 0 fully saturated rings. The second-order valence-corrected chi connectivity index (χ2v) is 5.59. The summed E-state index contributed by atoms with van der Waals surface area (Å²) in [6.07, 6.45) is 2.26. The third-order valence-electron chi connectivity index (χ3n) is 2.10. The van der Waals surface area contributed by atoms with E-state index in [9.17, 15) is 8.42 Å². The van der Waals surface area contributed by atoms with Crippen molar-refractivity contribution in [2.75, 3.05) is 5.75 Å². The average molecular weight is 236 g/mol. The fraction of sp³-hybridized carbons (Fsp3) is 0.385. The molecule has 2 nitrogen and oxygen atoms in total. The van der Waals surface area contributed by atoms with Crippen LogP contribution in [0.25, 0.3) is 0 Å². The van der Waals surface area contributed by atoms with Gasteiger partial charge in [0.2, 0.25) is 0 Å². The zero-order chi connectivity index (χ0) is 11.9. The predicted octanol–water partition coefficient (Wildman–Crippen LogP) is 2.65. The van der Waals surface area contributed by atoms with Crippen molar-refractivity contribution in [3.05, 3.63) is 30.3 Å². The summed E-state index contributed by atoms with van der Waals surface area (Å²) < 4.78 is 23.6. The number of unbranched alkanes of at least 4 members (excludes halogenated alkanes) is 1. The Morgan fingerprint density at radius 3 is 2.31 bits per heavy atom. The molecular formula is C13H16O2S. The van der Waals surface area contributed by atoms with Crippen LogP contribution in [0, 0.1) is 11.8 Å². The first-order valence-electron chi connectivity index (χ1n) is 5.40. The lowest BCUT2D eigenvalue weighted by Gasteiger charge is -2.00. The van der Waals surface area contributed by atoms with Crippen molar-refractivity contribution in [1.82, 2.24) is 0 Å². The van der Waals surface area contributed by atoms with Crippen molar-refractivity contribution >= 4 is 9.84 Å². The molecule has 0 aliphatic carbocycles. The van der Waals surface area contributed by atoms with Gasteiger partial charge in [0, 0.05) is 12.8 Å². The van der Waals surface area contributed by atoms with Crippen LogP contribution in [0.15, 0.2) is 35.2 Å². The third kappa shape index (κ3) is 4.08. The highest BCUT2D eigenvalue weighted by Crippen LogP contribution is 2.10. The third-order valence-corrected chi connectivity index (χ3v) is 3.83. The zero-order valence-corrected chi connectivity index (χ0v) is 10.3. The standard InChI is InChI=1S/C13H16O2S/c1-2-3-4-5-9-12-16(14,15)13-10-7-6-8-11-13/h6-8,10-11H,2-3,9,12H2,1H3. The molecule has 0 heterocycles. The van der Waals surface area contributed by atoms with Gasteiger partial charge in [-0.25, -0.2) is 8.42 Å². The molecule has 86 valence electrons. The molecule has 0 unspecified atom stereocenters. The van der Waals surface area contributed by atoms with Gasteiger partial charge < -0.3 is 0 Å². The maximum absolute atomic E-state index is 11.8. The van der Waals surface area contributed by atoms with Crippen LogP contribution in [0.1, 0.15) is 26.2 Å². The van der Waals surface area contributed by atoms with Crippen molar-refractivity contribution in [2.24, 2.45) is 0 Å². The minimum atomic E-state index is -3.15. The molecule has 0 amide bonds. The first-order chi connectivity index (χ1) is 7.67. The lowest BCUT2D eigenvalue weighted by atomic mass is 10.3. The van der Waals surface area contributed by atoms with Gasteiger partial charge in [-0.2, -0.15) is 0 Å². The first kappa shape index (κ1) is 12.8. The van der Waals surface area contributed by atoms with Crippen LogP contribution < -0.4 is 0 Å². The van der Waals surface area contributed by atoms with Crippen molar-refractivity contribution < 1.29 is 8.42 Å². The minimum Gasteiger partial charge on any atom is -0.224 e. The van der Waals surface area contributed by atoms with Gasteiger partial charge in [-0.3, -0.25) is 0 Å². The molecule has 1 aromatic carbocycles. The van der Waals surface area contributed by atoms with Crippen LogP contribution in [-0.2, 0) is 9.84 Å². The van der Waals surface area contributed by atoms with E-state index in [1.807, 2.05) is 0 Å². The van der Waals surface area contributed by atoms with E-state index < -0.39 is 9.84 Å². The van der Waals surface area contributed by atoms with Crippen molar-refractivity contribution in [1.29, 1.82) is 0 Å². The number of hydrogen-bond donors (Lipinski definition) is 0. The second kappa shape index (κ2) is 6.34. The molecular weight excluding hydrogens is 220 g/mol. The molecule has 0 saturated heterocycles. The Bertz CT molecular complexity index is 464. The first-order valence-corrected chi connectivity index (χ1v) is 7.05. The summed E-state index contributed by atoms with van der Waals surface area (Å²) in [4.78, 5) is 0.382. The fourth-order valence-electron chi connectivity index (χ4n) is 1.23. The number of hydrogen-bond acceptors (Lipinski definition) is 2. The van der Waals surface area contributed by atoms with E-state index in [1.54, 1.807) is 30.3 Å². The van der Waals surface area contributed by atoms with Crippen LogP contribution in [0.3, 0.4) is 0 Å². The van der Waals surface area contributed by atoms with Gasteiger partial charge in [0.15, 0.2) is 9.84 Å². The molecule has 0 saturated carbocycles. The summed E-state index contributed by atoms with van der Waals surface area (Å²) >= 11 is 0. The lowest BCUT2D eigenvalue weighted by molar-refractivity contribution is 0.596. The SMILES string of the molecule is CCCC#CCCS(=O)(=O)c1ccccc1. The van der Waals surface area contributed by atoms with Crippen LogP contribution in [0.2, 0.25) is 0 Å². The molecule has 1 rings (SSSR count). The number of benzene rings is 1. The molecule has 3 heteroatoms. The molecule has 0 aliphatic rings. The quantitative estimate of drug-likeness (QED) is 0.753. The van der Waals surface area contributed by atoms with Crippen LogP contribution >= 0.6 is 0 Å². The molecule has 0 aromatic heterocycles. The van der Waals surface area contributed by atoms with Gasteiger partial charge in [-0.15, -0.1) is 11.8 Å². The largest absolute Gasteiger partial charge is 0.224 e. The van der Waals surface area contributed by atoms with E-state index in [2.05, 4.69) is 18.8 Å². The summed E-state index contributed by atoms with van der Waals surface area (Å²) in [6.45, 7) is 2.05. The highest BCUT2D eigenvalue weighted by molar-refractivity contribution is 7.91. The Hall–Kier alpha value is -1.27. The van der Waals surface area contributed by atoms with E-state index in [0.29, 0.717) is 11.3 Å². The Morgan fingerprint density at radius 2 is 1.69 bits per heavy atom. The Morgan fingerprint density at radius 1 is 1.06 bits per heavy atom. The minimum absolute atomic E-state index is 0.105. The Labute approximate surface area is 97.6 Å². The summed E-state index contributed by atoms with van der Waals surface area (Å²) in [5, 5.41) is 0. The van der Waals surface area contributed by atoms with E-state index in [4.69, 9.17) is 0 Å². The van der Waals surface area contributed by atoms with Crippen molar-refractivity contribution in [3.8, 4) is 11.8 Å². The zero-order valence-electron chi connectivity index (χ0n) is 9.44. The second-order valence-electron chi connectivity index (χ2n) is 3.49. The van der Waals surface area contributed by atoms with E-state index in [0.717, 1.165) is 12.8 Å². The highest BCUT2D eigenvalue weighted by Gasteiger charge is 2.11. The summed E-state index contributed by atoms with van der Waals surface area (Å²) in [5.41, 5.74) is 0. The molecule has 0 atom stereocenters. The molecule has 0 aliphatic heterocycles. The topological polar surface area (TPSA) is 34.1 Å². The van der Waals surface area contributed by atoms with Crippen molar-refractivity contribution in [2.45, 2.75) is 31.1 Å². The Balaban J connectivity index is 2.58. The molecule has 0 spiro atoms. The monoisotopic (exact) mass is 236 g/mol. The van der Waals surface area contributed by atoms with E-state index >= 15 is 0 Å².